The van der Waals surface area contributed by atoms with Crippen LogP contribution in [-0.2, 0) is 9.59 Å². The minimum absolute atomic E-state index is 0.110. The van der Waals surface area contributed by atoms with Crippen molar-refractivity contribution < 1.29 is 14.4 Å². The van der Waals surface area contributed by atoms with Gasteiger partial charge in [0.1, 0.15) is 27.3 Å². The van der Waals surface area contributed by atoms with Gasteiger partial charge in [-0.2, -0.15) is 5.26 Å². The average Bonchev–Trinajstić information content (AvgIpc) is 3.23. The largest absolute Gasteiger partial charge is 0.368 e. The predicted octanol–water partition coefficient (Wildman–Crippen LogP) is 4.77. The summed E-state index contributed by atoms with van der Waals surface area (Å²) >= 11 is 7.34. The summed E-state index contributed by atoms with van der Waals surface area (Å²) in [6.45, 7) is 4.05. The normalized spacial score (nSPS) is 13.1. The Labute approximate surface area is 218 Å². The van der Waals surface area contributed by atoms with Crippen LogP contribution in [0.15, 0.2) is 54.6 Å². The molecule has 1 saturated heterocycles. The maximum atomic E-state index is 13.3. The molecule has 8 nitrogen and oxygen atoms in total. The molecule has 36 heavy (non-hydrogen) atoms. The zero-order chi connectivity index (χ0) is 25.7. The Hall–Kier alpha value is -3.87. The van der Waals surface area contributed by atoms with E-state index >= 15 is 0 Å². The first-order valence-corrected chi connectivity index (χ1v) is 12.5. The van der Waals surface area contributed by atoms with Crippen molar-refractivity contribution in [1.29, 1.82) is 5.26 Å². The average molecular weight is 522 g/mol. The van der Waals surface area contributed by atoms with Gasteiger partial charge in [-0.25, -0.2) is 0 Å². The number of ketones is 1. The third-order valence-electron chi connectivity index (χ3n) is 5.69. The highest BCUT2D eigenvalue weighted by Gasteiger charge is 2.29. The molecule has 1 aliphatic rings. The van der Waals surface area contributed by atoms with E-state index in [0.717, 1.165) is 30.1 Å². The smallest absolute Gasteiger partial charge is 0.268 e. The number of nitrogens with zero attached hydrogens (tertiary/aromatic N) is 3. The van der Waals surface area contributed by atoms with E-state index in [1.165, 1.54) is 6.92 Å². The number of hydrogen-bond acceptors (Lipinski definition) is 7. The minimum Gasteiger partial charge on any atom is -0.368 e. The van der Waals surface area contributed by atoms with E-state index < -0.39 is 11.8 Å². The molecule has 3 aromatic rings. The predicted molar refractivity (Wildman–Crippen MR) is 143 cm³/mol. The number of Topliss-reactive ketones (excluding diaryl/α,β-unsaturated/α-hetero) is 1. The van der Waals surface area contributed by atoms with E-state index in [-0.39, 0.29) is 28.3 Å². The molecule has 1 aliphatic heterocycles. The van der Waals surface area contributed by atoms with E-state index in [1.54, 1.807) is 24.3 Å². The van der Waals surface area contributed by atoms with Gasteiger partial charge in [0, 0.05) is 31.9 Å². The zero-order valence-electron chi connectivity index (χ0n) is 19.6. The Bertz CT molecular complexity index is 1330. The van der Waals surface area contributed by atoms with Gasteiger partial charge >= 0.3 is 0 Å². The molecular weight excluding hydrogens is 498 g/mol. The Morgan fingerprint density at radius 3 is 2.25 bits per heavy atom. The third kappa shape index (κ3) is 5.67. The van der Waals surface area contributed by atoms with Gasteiger partial charge in [0.15, 0.2) is 0 Å². The fraction of sp³-hybridized carbons (Fsp3) is 0.231. The fourth-order valence-corrected chi connectivity index (χ4v) is 5.32. The van der Waals surface area contributed by atoms with Crippen molar-refractivity contribution in [3.8, 4) is 6.07 Å². The molecule has 184 valence electrons. The molecule has 10 heteroatoms. The topological polar surface area (TPSA) is 106 Å². The molecule has 4 rings (SSSR count). The van der Waals surface area contributed by atoms with Gasteiger partial charge in [-0.05, 0) is 31.2 Å². The fourth-order valence-electron chi connectivity index (χ4n) is 3.98. The van der Waals surface area contributed by atoms with Gasteiger partial charge in [-0.3, -0.25) is 14.4 Å². The number of piperazine rings is 1. The minimum atomic E-state index is -0.580. The first-order chi connectivity index (χ1) is 17.4. The molecule has 1 fully saturated rings. The number of nitrogens with one attached hydrogen (secondary N) is 2. The summed E-state index contributed by atoms with van der Waals surface area (Å²) in [4.78, 5) is 41.7. The van der Waals surface area contributed by atoms with Crippen LogP contribution in [0.4, 0.5) is 22.1 Å². The number of anilines is 4. The molecule has 2 N–H and O–H groups in total. The monoisotopic (exact) mass is 521 g/mol. The number of amides is 2. The number of halogens is 1. The quantitative estimate of drug-likeness (QED) is 0.434. The van der Waals surface area contributed by atoms with Crippen LogP contribution in [0.25, 0.3) is 0 Å². The molecule has 2 aromatic carbocycles. The zero-order valence-corrected chi connectivity index (χ0v) is 21.2. The number of para-hydroxylation sites is 2. The number of hydrogen-bond donors (Lipinski definition) is 2. The second kappa shape index (κ2) is 11.2. The van der Waals surface area contributed by atoms with Crippen molar-refractivity contribution >= 4 is 62.6 Å². The number of carbonyl (C=O) groups is 3. The van der Waals surface area contributed by atoms with Crippen LogP contribution in [-0.4, -0.2) is 43.8 Å². The van der Waals surface area contributed by atoms with Crippen molar-refractivity contribution in [3.63, 3.8) is 0 Å². The molecule has 0 atom stereocenters. The highest BCUT2D eigenvalue weighted by atomic mass is 35.5. The van der Waals surface area contributed by atoms with Crippen molar-refractivity contribution in [2.45, 2.75) is 13.3 Å². The number of benzene rings is 2. The van der Waals surface area contributed by atoms with Crippen molar-refractivity contribution in [3.05, 3.63) is 70.1 Å². The molecule has 1 aromatic heterocycles. The van der Waals surface area contributed by atoms with Gasteiger partial charge in [0.25, 0.3) is 5.91 Å². The third-order valence-corrected chi connectivity index (χ3v) is 7.27. The summed E-state index contributed by atoms with van der Waals surface area (Å²) in [6, 6.07) is 19.0. The highest BCUT2D eigenvalue weighted by Crippen LogP contribution is 2.41. The molecule has 0 unspecified atom stereocenters. The van der Waals surface area contributed by atoms with E-state index in [9.17, 15) is 19.6 Å². The second-order valence-electron chi connectivity index (χ2n) is 8.27. The molecule has 2 amide bonds. The van der Waals surface area contributed by atoms with Crippen LogP contribution in [0, 0.1) is 11.3 Å². The van der Waals surface area contributed by atoms with E-state index in [2.05, 4.69) is 38.6 Å². The Balaban J connectivity index is 1.64. The van der Waals surface area contributed by atoms with Crippen molar-refractivity contribution in [1.82, 2.24) is 0 Å². The number of thiophene rings is 1. The summed E-state index contributed by atoms with van der Waals surface area (Å²) in [5.74, 6) is -1.40. The molecule has 0 radical (unpaired) electrons. The molecule has 2 heterocycles. The van der Waals surface area contributed by atoms with E-state index in [0.29, 0.717) is 28.8 Å². The lowest BCUT2D eigenvalue weighted by molar-refractivity contribution is -0.124. The number of nitriles is 1. The van der Waals surface area contributed by atoms with Crippen LogP contribution in [0.3, 0.4) is 0 Å². The summed E-state index contributed by atoms with van der Waals surface area (Å²) in [7, 11) is 0. The molecule has 0 aliphatic carbocycles. The molecule has 0 spiro atoms. The van der Waals surface area contributed by atoms with Gasteiger partial charge < -0.3 is 20.4 Å². The van der Waals surface area contributed by atoms with Crippen LogP contribution >= 0.6 is 22.9 Å². The summed E-state index contributed by atoms with van der Waals surface area (Å²) in [5.41, 5.74) is 1.85. The van der Waals surface area contributed by atoms with Crippen LogP contribution in [0.5, 0.6) is 0 Å². The van der Waals surface area contributed by atoms with Crippen LogP contribution in [0.2, 0.25) is 5.02 Å². The number of carbonyl (C=O) groups excluding carboxylic acids is 3. The lowest BCUT2D eigenvalue weighted by Crippen LogP contribution is -2.46. The lowest BCUT2D eigenvalue weighted by atomic mass is 10.2. The SMILES string of the molecule is CC(=O)CC(=O)Nc1c(C(=O)Nc2ccccc2Cl)sc(N2CCN(c3ccccc3)CC2)c1C#N. The Morgan fingerprint density at radius 2 is 1.61 bits per heavy atom. The van der Waals surface area contributed by atoms with E-state index in [1.807, 2.05) is 18.2 Å². The Kier molecular flexibility index (Phi) is 7.88. The van der Waals surface area contributed by atoms with Gasteiger partial charge in [-0.15, -0.1) is 11.3 Å². The van der Waals surface area contributed by atoms with Crippen molar-refractivity contribution in [2.75, 3.05) is 46.6 Å². The highest BCUT2D eigenvalue weighted by molar-refractivity contribution is 7.19. The maximum absolute atomic E-state index is 13.3. The first-order valence-electron chi connectivity index (χ1n) is 11.3. The molecule has 0 saturated carbocycles. The molecular formula is C26H24ClN5O3S. The summed E-state index contributed by atoms with van der Waals surface area (Å²) in [5, 5.41) is 16.4. The molecule has 0 bridgehead atoms. The van der Waals surface area contributed by atoms with Gasteiger partial charge in [0.05, 0.1) is 22.8 Å². The Morgan fingerprint density at radius 1 is 0.972 bits per heavy atom. The van der Waals surface area contributed by atoms with Gasteiger partial charge in [0.2, 0.25) is 5.91 Å². The second-order valence-corrected chi connectivity index (χ2v) is 9.67. The number of rotatable bonds is 7. The van der Waals surface area contributed by atoms with Gasteiger partial charge in [-0.1, -0.05) is 41.9 Å². The summed E-state index contributed by atoms with van der Waals surface area (Å²) in [6.07, 6.45) is -0.350. The standard InChI is InChI=1S/C26H24ClN5O3S/c1-17(33)15-22(34)30-23-19(16-28)26(32-13-11-31(12-14-32)18-7-3-2-4-8-18)36-24(23)25(35)29-21-10-6-5-9-20(21)27/h2-10H,11-15H2,1H3,(H,29,35)(H,30,34). The van der Waals surface area contributed by atoms with Crippen LogP contribution in [0.1, 0.15) is 28.6 Å². The lowest BCUT2D eigenvalue weighted by Gasteiger charge is -2.36. The summed E-state index contributed by atoms with van der Waals surface area (Å²) < 4.78 is 0. The van der Waals surface area contributed by atoms with Crippen molar-refractivity contribution in [2.24, 2.45) is 0 Å². The van der Waals surface area contributed by atoms with Crippen LogP contribution < -0.4 is 20.4 Å². The maximum Gasteiger partial charge on any atom is 0.268 e. The van der Waals surface area contributed by atoms with E-state index in [4.69, 9.17) is 11.6 Å². The first kappa shape index (κ1) is 25.2.